The summed E-state index contributed by atoms with van der Waals surface area (Å²) in [7, 11) is 0. The van der Waals surface area contributed by atoms with Gasteiger partial charge in [-0.2, -0.15) is 0 Å². The predicted molar refractivity (Wildman–Crippen MR) is 195 cm³/mol. The molecule has 2 saturated carbocycles. The summed E-state index contributed by atoms with van der Waals surface area (Å²) in [5, 5.41) is 29.1. The quantitative estimate of drug-likeness (QED) is 0.117. The minimum atomic E-state index is -1.40. The maximum Gasteiger partial charge on any atom is 0.397 e. The highest BCUT2D eigenvalue weighted by Crippen LogP contribution is 2.66. The van der Waals surface area contributed by atoms with E-state index in [0.29, 0.717) is 24.1 Å². The van der Waals surface area contributed by atoms with Crippen molar-refractivity contribution in [3.63, 3.8) is 0 Å². The molecule has 7 rings (SSSR count). The van der Waals surface area contributed by atoms with E-state index in [1.807, 2.05) is 75.4 Å². The fraction of sp³-hybridized carbons (Fsp3) is 0.476. The lowest BCUT2D eigenvalue weighted by atomic mass is 9.46. The fourth-order valence-corrected chi connectivity index (χ4v) is 9.73. The average molecular weight is 725 g/mol. The average Bonchev–Trinajstić information content (AvgIpc) is 3.74. The van der Waals surface area contributed by atoms with Gasteiger partial charge in [-0.3, -0.25) is 9.59 Å². The first-order chi connectivity index (χ1) is 25.4. The van der Waals surface area contributed by atoms with E-state index in [9.17, 15) is 29.4 Å². The number of benzene rings is 2. The number of aromatic amines is 1. The Hall–Kier alpha value is -4.74. The number of amides is 1. The Morgan fingerprint density at radius 1 is 1.06 bits per heavy atom. The lowest BCUT2D eigenvalue weighted by molar-refractivity contribution is -0.180. The number of H-pyrrole nitrogens is 1. The Labute approximate surface area is 308 Å². The van der Waals surface area contributed by atoms with Crippen molar-refractivity contribution in [2.24, 2.45) is 41.4 Å². The van der Waals surface area contributed by atoms with Crippen LogP contribution in [0, 0.1) is 41.4 Å². The third-order valence-corrected chi connectivity index (χ3v) is 12.3. The van der Waals surface area contributed by atoms with Crippen molar-refractivity contribution >= 4 is 34.6 Å². The Kier molecular flexibility index (Phi) is 10.1. The predicted octanol–water partition coefficient (Wildman–Crippen LogP) is 4.68. The largest absolute Gasteiger partial charge is 0.458 e. The molecular formula is C42H48N2O9. The van der Waals surface area contributed by atoms with Gasteiger partial charge in [0, 0.05) is 48.8 Å². The number of aliphatic hydroxyl groups is 2. The molecule has 53 heavy (non-hydrogen) atoms. The number of aromatic nitrogens is 1. The van der Waals surface area contributed by atoms with Gasteiger partial charge in [0.15, 0.2) is 0 Å². The zero-order valence-corrected chi connectivity index (χ0v) is 30.4. The third-order valence-electron chi connectivity index (χ3n) is 12.3. The molecule has 3 aliphatic carbocycles. The number of fused-ring (bicyclic) bond motifs is 7. The first-order valence-electron chi connectivity index (χ1n) is 18.7. The number of rotatable bonds is 7. The minimum absolute atomic E-state index is 0.00393. The maximum atomic E-state index is 13.2. The summed E-state index contributed by atoms with van der Waals surface area (Å²) in [6, 6.07) is 17.3. The van der Waals surface area contributed by atoms with Gasteiger partial charge in [-0.25, -0.2) is 9.59 Å². The molecule has 12 atom stereocenters. The number of cyclic esters (lactones) is 1. The lowest BCUT2D eigenvalue weighted by Gasteiger charge is -2.61. The molecule has 1 amide bonds. The Balaban J connectivity index is 1.04. The van der Waals surface area contributed by atoms with Crippen molar-refractivity contribution in [3.8, 4) is 0 Å². The Morgan fingerprint density at radius 2 is 1.83 bits per heavy atom. The number of hydrogen-bond acceptors (Lipinski definition) is 9. The van der Waals surface area contributed by atoms with E-state index in [1.54, 1.807) is 25.3 Å². The van der Waals surface area contributed by atoms with Gasteiger partial charge in [0.2, 0.25) is 0 Å². The highest BCUT2D eigenvalue weighted by Gasteiger charge is 2.70. The molecule has 280 valence electrons. The SMILES string of the molecule is C/C1=C\[C@@H](C)C([C@@H](C)OC(=O)C(=O)NCCc2cccc3ccccc23)OC(=O)CC[C@H]2C=CC3C(C4[C@H]3[C@H](OC(=O)c3ccc[nH]3)[C@H](C)[C@H]4O)[C@]12O. The second-order valence-electron chi connectivity index (χ2n) is 15.3. The van der Waals surface area contributed by atoms with E-state index in [4.69, 9.17) is 14.2 Å². The molecule has 0 bridgehead atoms. The highest BCUT2D eigenvalue weighted by atomic mass is 16.6. The van der Waals surface area contributed by atoms with Crippen molar-refractivity contribution in [3.05, 3.63) is 95.9 Å². The van der Waals surface area contributed by atoms with Crippen LogP contribution in [0.4, 0.5) is 0 Å². The number of ether oxygens (including phenoxy) is 3. The first kappa shape index (κ1) is 36.6. The smallest absolute Gasteiger partial charge is 0.397 e. The second kappa shape index (κ2) is 14.6. The maximum absolute atomic E-state index is 13.2. The molecule has 0 radical (unpaired) electrons. The number of hydrogen-bond donors (Lipinski definition) is 4. The van der Waals surface area contributed by atoms with Crippen molar-refractivity contribution in [2.45, 2.75) is 77.0 Å². The van der Waals surface area contributed by atoms with Crippen LogP contribution in [-0.4, -0.2) is 75.6 Å². The van der Waals surface area contributed by atoms with Crippen LogP contribution in [0.15, 0.2) is 84.6 Å². The summed E-state index contributed by atoms with van der Waals surface area (Å²) in [5.74, 6) is -5.30. The second-order valence-corrected chi connectivity index (χ2v) is 15.3. The van der Waals surface area contributed by atoms with Crippen molar-refractivity contribution in [2.75, 3.05) is 6.54 Å². The van der Waals surface area contributed by atoms with Crippen LogP contribution in [0.5, 0.6) is 0 Å². The van der Waals surface area contributed by atoms with Gasteiger partial charge in [-0.1, -0.05) is 74.5 Å². The zero-order valence-electron chi connectivity index (χ0n) is 30.4. The van der Waals surface area contributed by atoms with Gasteiger partial charge in [-0.05, 0) is 72.6 Å². The van der Waals surface area contributed by atoms with E-state index in [0.717, 1.165) is 16.3 Å². The van der Waals surface area contributed by atoms with E-state index >= 15 is 0 Å². The third kappa shape index (κ3) is 6.58. The van der Waals surface area contributed by atoms with Crippen LogP contribution in [-0.2, 0) is 35.0 Å². The summed E-state index contributed by atoms with van der Waals surface area (Å²) in [6.07, 6.45) is 5.08. The number of carbonyl (C=O) groups excluding carboxylic acids is 4. The molecule has 11 heteroatoms. The summed E-state index contributed by atoms with van der Waals surface area (Å²) < 4.78 is 17.4. The standard InChI is InChI=1S/C42H48N2O9/c1-22-21-23(2)42(50)28(14-16-30-33-34(35(30)42)36(46)24(3)38(33)53-40(48)31-13-8-19-43-31)15-17-32(45)52-37(22)25(4)51-41(49)39(47)44-20-18-27-11-7-10-26-9-5-6-12-29(26)27/h5-14,16,19,21-22,24-25,28,30,33-38,43,46,50H,15,17-18,20H2,1-4H3,(H,44,47)/b23-21+/t22-,24-,25-,28-,30?,33+,34?,35?,36-,37?,38-,42+/m1/s1. The first-order valence-corrected chi connectivity index (χ1v) is 18.7. The topological polar surface area (TPSA) is 164 Å². The molecule has 4 unspecified atom stereocenters. The Morgan fingerprint density at radius 3 is 2.60 bits per heavy atom. The molecule has 2 heterocycles. The number of carbonyl (C=O) groups is 4. The molecule has 2 fully saturated rings. The molecule has 3 aromatic rings. The van der Waals surface area contributed by atoms with Gasteiger partial charge >= 0.3 is 23.8 Å². The molecule has 4 aliphatic rings. The summed E-state index contributed by atoms with van der Waals surface area (Å²) in [4.78, 5) is 54.8. The number of nitrogens with one attached hydrogen (secondary N) is 2. The van der Waals surface area contributed by atoms with Crippen molar-refractivity contribution in [1.29, 1.82) is 0 Å². The molecular weight excluding hydrogens is 676 g/mol. The van der Waals surface area contributed by atoms with Crippen LogP contribution < -0.4 is 5.32 Å². The summed E-state index contributed by atoms with van der Waals surface area (Å²) >= 11 is 0. The molecule has 0 spiro atoms. The minimum Gasteiger partial charge on any atom is -0.458 e. The van der Waals surface area contributed by atoms with E-state index < -0.39 is 65.7 Å². The number of allylic oxidation sites excluding steroid dienone is 1. The van der Waals surface area contributed by atoms with E-state index in [-0.39, 0.29) is 42.6 Å². The highest BCUT2D eigenvalue weighted by molar-refractivity contribution is 6.32. The van der Waals surface area contributed by atoms with Crippen LogP contribution in [0.1, 0.15) is 56.6 Å². The molecule has 11 nitrogen and oxygen atoms in total. The zero-order chi connectivity index (χ0) is 37.6. The van der Waals surface area contributed by atoms with Crippen LogP contribution in [0.25, 0.3) is 10.8 Å². The normalized spacial score (nSPS) is 34.9. The van der Waals surface area contributed by atoms with Gasteiger partial charge in [0.25, 0.3) is 0 Å². The van der Waals surface area contributed by atoms with Gasteiger partial charge < -0.3 is 34.7 Å². The molecule has 4 N–H and O–H groups in total. The van der Waals surface area contributed by atoms with Crippen molar-refractivity contribution in [1.82, 2.24) is 10.3 Å². The van der Waals surface area contributed by atoms with Crippen molar-refractivity contribution < 1.29 is 43.6 Å². The Bertz CT molecular complexity index is 1930. The lowest BCUT2D eigenvalue weighted by Crippen LogP contribution is -2.64. The molecule has 1 aliphatic heterocycles. The van der Waals surface area contributed by atoms with Crippen LogP contribution in [0.2, 0.25) is 0 Å². The monoisotopic (exact) mass is 724 g/mol. The number of esters is 3. The summed E-state index contributed by atoms with van der Waals surface area (Å²) in [6.45, 7) is 7.36. The molecule has 1 aromatic heterocycles. The van der Waals surface area contributed by atoms with Crippen LogP contribution >= 0.6 is 0 Å². The van der Waals surface area contributed by atoms with E-state index in [2.05, 4.69) is 16.4 Å². The van der Waals surface area contributed by atoms with Crippen LogP contribution in [0.3, 0.4) is 0 Å². The van der Waals surface area contributed by atoms with Gasteiger partial charge in [0.1, 0.15) is 24.0 Å². The van der Waals surface area contributed by atoms with Gasteiger partial charge in [-0.15, -0.1) is 0 Å². The van der Waals surface area contributed by atoms with E-state index in [1.165, 1.54) is 0 Å². The molecule has 0 saturated heterocycles. The molecule has 2 aromatic carbocycles. The summed E-state index contributed by atoms with van der Waals surface area (Å²) in [5.41, 5.74) is 0.637. The number of aliphatic hydroxyl groups excluding tert-OH is 1. The fourth-order valence-electron chi connectivity index (χ4n) is 9.73. The van der Waals surface area contributed by atoms with Gasteiger partial charge in [0.05, 0.1) is 11.7 Å².